The van der Waals surface area contributed by atoms with Gasteiger partial charge in [0.15, 0.2) is 11.5 Å². The molecule has 0 aromatic heterocycles. The topological polar surface area (TPSA) is 65.0 Å². The first kappa shape index (κ1) is 19.5. The number of hydrogen-bond acceptors (Lipinski definition) is 5. The number of nitrogens with zero attached hydrogens (tertiary/aromatic N) is 2. The van der Waals surface area contributed by atoms with Crippen LogP contribution in [0.4, 0.5) is 0 Å². The van der Waals surface area contributed by atoms with Gasteiger partial charge < -0.3 is 25.0 Å². The molecule has 0 atom stereocenters. The number of phenolic OH excluding ortho intramolecular Hbond substituents is 1. The Labute approximate surface area is 143 Å². The van der Waals surface area contributed by atoms with E-state index in [1.165, 1.54) is 7.11 Å². The van der Waals surface area contributed by atoms with E-state index in [1.54, 1.807) is 6.07 Å². The van der Waals surface area contributed by atoms with E-state index in [2.05, 4.69) is 10.2 Å². The molecular weight excluding hydrogens is 318 g/mol. The second-order valence-electron chi connectivity index (χ2n) is 5.62. The Kier molecular flexibility index (Phi) is 8.16. The average molecular weight is 344 g/mol. The van der Waals surface area contributed by atoms with Crippen molar-refractivity contribution in [1.29, 1.82) is 0 Å². The number of rotatable bonds is 6. The Bertz CT molecular complexity index is 507. The van der Waals surface area contributed by atoms with Crippen LogP contribution in [0.3, 0.4) is 0 Å². The molecule has 23 heavy (non-hydrogen) atoms. The number of methoxy groups -OCH3 is 1. The maximum absolute atomic E-state index is 12.1. The molecular formula is C16H26ClN3O3. The summed E-state index contributed by atoms with van der Waals surface area (Å²) in [5.41, 5.74) is 1.05. The highest BCUT2D eigenvalue weighted by Gasteiger charge is 2.16. The van der Waals surface area contributed by atoms with Gasteiger partial charge in [-0.3, -0.25) is 4.79 Å². The van der Waals surface area contributed by atoms with E-state index in [0.717, 1.165) is 31.7 Å². The van der Waals surface area contributed by atoms with E-state index in [1.807, 2.05) is 24.1 Å². The molecule has 1 aromatic rings. The lowest BCUT2D eigenvalue weighted by molar-refractivity contribution is -0.132. The SMILES string of the molecule is COc1cc(CN(C)CCC(=O)N2CCNCC2)ccc1O.Cl. The summed E-state index contributed by atoms with van der Waals surface area (Å²) in [6.45, 7) is 4.80. The third-order valence-electron chi connectivity index (χ3n) is 3.87. The molecule has 1 saturated heterocycles. The van der Waals surface area contributed by atoms with Crippen LogP contribution in [0.25, 0.3) is 0 Å². The quantitative estimate of drug-likeness (QED) is 0.809. The molecule has 1 aliphatic rings. The van der Waals surface area contributed by atoms with Gasteiger partial charge in [0.2, 0.25) is 5.91 Å². The number of benzene rings is 1. The summed E-state index contributed by atoms with van der Waals surface area (Å²) in [5.74, 6) is 0.835. The Hall–Kier alpha value is -1.50. The largest absolute Gasteiger partial charge is 0.504 e. The minimum atomic E-state index is 0. The molecule has 1 fully saturated rings. The van der Waals surface area contributed by atoms with E-state index in [0.29, 0.717) is 25.3 Å². The van der Waals surface area contributed by atoms with Crippen molar-refractivity contribution in [2.75, 3.05) is 46.9 Å². The van der Waals surface area contributed by atoms with E-state index >= 15 is 0 Å². The summed E-state index contributed by atoms with van der Waals surface area (Å²) in [6.07, 6.45) is 0.533. The van der Waals surface area contributed by atoms with Crippen molar-refractivity contribution in [1.82, 2.24) is 15.1 Å². The van der Waals surface area contributed by atoms with Crippen LogP contribution in [0, 0.1) is 0 Å². The van der Waals surface area contributed by atoms with Crippen molar-refractivity contribution in [3.05, 3.63) is 23.8 Å². The molecule has 0 unspecified atom stereocenters. The standard InChI is InChI=1S/C16H25N3O3.ClH/c1-18(8-5-16(21)19-9-6-17-7-10-19)12-13-3-4-14(20)15(11-13)22-2;/h3-4,11,17,20H,5-10,12H2,1-2H3;1H. The lowest BCUT2D eigenvalue weighted by Crippen LogP contribution is -2.47. The number of piperazine rings is 1. The molecule has 0 aliphatic carbocycles. The molecule has 0 bridgehead atoms. The minimum Gasteiger partial charge on any atom is -0.504 e. The number of carbonyl (C=O) groups is 1. The fraction of sp³-hybridized carbons (Fsp3) is 0.562. The first-order valence-corrected chi connectivity index (χ1v) is 7.63. The first-order valence-electron chi connectivity index (χ1n) is 7.63. The van der Waals surface area contributed by atoms with Gasteiger partial charge in [0, 0.05) is 45.7 Å². The number of aromatic hydroxyl groups is 1. The highest BCUT2D eigenvalue weighted by atomic mass is 35.5. The van der Waals surface area contributed by atoms with Crippen LogP contribution in [0.15, 0.2) is 18.2 Å². The van der Waals surface area contributed by atoms with Crippen LogP contribution in [-0.2, 0) is 11.3 Å². The minimum absolute atomic E-state index is 0. The maximum atomic E-state index is 12.1. The molecule has 0 radical (unpaired) electrons. The molecule has 0 spiro atoms. The van der Waals surface area contributed by atoms with Crippen LogP contribution < -0.4 is 10.1 Å². The Morgan fingerprint density at radius 2 is 2.09 bits per heavy atom. The monoisotopic (exact) mass is 343 g/mol. The van der Waals surface area contributed by atoms with E-state index in [4.69, 9.17) is 4.74 Å². The summed E-state index contributed by atoms with van der Waals surface area (Å²) < 4.78 is 5.11. The number of nitrogens with one attached hydrogen (secondary N) is 1. The summed E-state index contributed by atoms with van der Waals surface area (Å²) in [4.78, 5) is 16.1. The highest BCUT2D eigenvalue weighted by Crippen LogP contribution is 2.26. The molecule has 6 nitrogen and oxygen atoms in total. The zero-order valence-electron chi connectivity index (χ0n) is 13.7. The van der Waals surface area contributed by atoms with Crippen molar-refractivity contribution < 1.29 is 14.6 Å². The molecule has 1 aliphatic heterocycles. The predicted molar refractivity (Wildman–Crippen MR) is 92.3 cm³/mol. The number of carbonyl (C=O) groups excluding carboxylic acids is 1. The van der Waals surface area contributed by atoms with Crippen LogP contribution in [0.2, 0.25) is 0 Å². The van der Waals surface area contributed by atoms with Crippen molar-refractivity contribution in [3.8, 4) is 11.5 Å². The predicted octanol–water partition coefficient (Wildman–Crippen LogP) is 1.08. The first-order chi connectivity index (χ1) is 10.6. The smallest absolute Gasteiger partial charge is 0.223 e. The zero-order valence-corrected chi connectivity index (χ0v) is 14.6. The van der Waals surface area contributed by atoms with E-state index in [-0.39, 0.29) is 24.1 Å². The van der Waals surface area contributed by atoms with Gasteiger partial charge in [-0.15, -0.1) is 12.4 Å². The summed E-state index contributed by atoms with van der Waals surface area (Å²) in [5, 5.41) is 12.8. The highest BCUT2D eigenvalue weighted by molar-refractivity contribution is 5.85. The van der Waals surface area contributed by atoms with Gasteiger partial charge in [-0.25, -0.2) is 0 Å². The fourth-order valence-corrected chi connectivity index (χ4v) is 2.57. The second kappa shape index (κ2) is 9.60. The lowest BCUT2D eigenvalue weighted by atomic mass is 10.2. The number of amides is 1. The third-order valence-corrected chi connectivity index (χ3v) is 3.87. The zero-order chi connectivity index (χ0) is 15.9. The van der Waals surface area contributed by atoms with Crippen LogP contribution >= 0.6 is 12.4 Å². The van der Waals surface area contributed by atoms with Gasteiger partial charge in [-0.2, -0.15) is 0 Å². The average Bonchev–Trinajstić information content (AvgIpc) is 2.55. The van der Waals surface area contributed by atoms with Gasteiger partial charge in [-0.1, -0.05) is 6.07 Å². The number of hydrogen-bond donors (Lipinski definition) is 2. The van der Waals surface area contributed by atoms with Gasteiger partial charge in [0.1, 0.15) is 0 Å². The molecule has 1 amide bonds. The van der Waals surface area contributed by atoms with Crippen molar-refractivity contribution in [2.45, 2.75) is 13.0 Å². The molecule has 1 aromatic carbocycles. The van der Waals surface area contributed by atoms with Gasteiger partial charge in [0.05, 0.1) is 7.11 Å². The molecule has 2 N–H and O–H groups in total. The van der Waals surface area contributed by atoms with E-state index < -0.39 is 0 Å². The molecule has 1 heterocycles. The second-order valence-corrected chi connectivity index (χ2v) is 5.62. The molecule has 130 valence electrons. The van der Waals surface area contributed by atoms with Crippen molar-refractivity contribution in [3.63, 3.8) is 0 Å². The Morgan fingerprint density at radius 3 is 2.74 bits per heavy atom. The van der Waals surface area contributed by atoms with Gasteiger partial charge >= 0.3 is 0 Å². The summed E-state index contributed by atoms with van der Waals surface area (Å²) in [7, 11) is 3.53. The van der Waals surface area contributed by atoms with Crippen molar-refractivity contribution >= 4 is 18.3 Å². The molecule has 2 rings (SSSR count). The maximum Gasteiger partial charge on any atom is 0.223 e. The normalized spacial score (nSPS) is 14.5. The van der Waals surface area contributed by atoms with Crippen LogP contribution in [0.1, 0.15) is 12.0 Å². The Balaban J connectivity index is 0.00000264. The number of ether oxygens (including phenoxy) is 1. The third kappa shape index (κ3) is 5.89. The van der Waals surface area contributed by atoms with Gasteiger partial charge in [-0.05, 0) is 24.7 Å². The summed E-state index contributed by atoms with van der Waals surface area (Å²) in [6, 6.07) is 5.32. The van der Waals surface area contributed by atoms with E-state index in [9.17, 15) is 9.90 Å². The van der Waals surface area contributed by atoms with Crippen LogP contribution in [-0.4, -0.2) is 67.7 Å². The summed E-state index contributed by atoms with van der Waals surface area (Å²) >= 11 is 0. The lowest BCUT2D eigenvalue weighted by Gasteiger charge is -2.28. The number of phenols is 1. The number of halogens is 1. The fourth-order valence-electron chi connectivity index (χ4n) is 2.57. The molecule has 0 saturated carbocycles. The van der Waals surface area contributed by atoms with Gasteiger partial charge in [0.25, 0.3) is 0 Å². The Morgan fingerprint density at radius 1 is 1.39 bits per heavy atom. The molecule has 7 heteroatoms. The van der Waals surface area contributed by atoms with Crippen molar-refractivity contribution in [2.24, 2.45) is 0 Å². The van der Waals surface area contributed by atoms with Crippen LogP contribution in [0.5, 0.6) is 11.5 Å².